The lowest BCUT2D eigenvalue weighted by atomic mass is 10.0. The van der Waals surface area contributed by atoms with Crippen LogP contribution in [0, 0.1) is 12.7 Å². The van der Waals surface area contributed by atoms with Crippen LogP contribution in [0.5, 0.6) is 0 Å². The Morgan fingerprint density at radius 3 is 2.72 bits per heavy atom. The predicted molar refractivity (Wildman–Crippen MR) is 73.1 cm³/mol. The van der Waals surface area contributed by atoms with Crippen LogP contribution in [-0.2, 0) is 6.54 Å². The molecule has 0 aliphatic carbocycles. The summed E-state index contributed by atoms with van der Waals surface area (Å²) in [5.41, 5.74) is 2.14. The average Bonchev–Trinajstić information content (AvgIpc) is 2.64. The highest BCUT2D eigenvalue weighted by atomic mass is 19.1. The van der Waals surface area contributed by atoms with E-state index in [0.717, 1.165) is 25.1 Å². The third-order valence-electron chi connectivity index (χ3n) is 3.84. The molecule has 1 atom stereocenters. The second-order valence-corrected chi connectivity index (χ2v) is 6.12. The second-order valence-electron chi connectivity index (χ2n) is 6.12. The Labute approximate surface area is 109 Å². The van der Waals surface area contributed by atoms with Gasteiger partial charge in [-0.2, -0.15) is 0 Å². The quantitative estimate of drug-likeness (QED) is 0.887. The van der Waals surface area contributed by atoms with Crippen LogP contribution in [-0.4, -0.2) is 30.1 Å². The summed E-state index contributed by atoms with van der Waals surface area (Å²) in [6.45, 7) is 8.21. The van der Waals surface area contributed by atoms with Gasteiger partial charge in [0.1, 0.15) is 5.82 Å². The monoisotopic (exact) mass is 250 g/mol. The Bertz CT molecular complexity index is 429. The van der Waals surface area contributed by atoms with Gasteiger partial charge < -0.3 is 5.32 Å². The van der Waals surface area contributed by atoms with Crippen LogP contribution in [0.3, 0.4) is 0 Å². The topological polar surface area (TPSA) is 15.3 Å². The molecule has 1 fully saturated rings. The summed E-state index contributed by atoms with van der Waals surface area (Å²) in [5.74, 6) is -0.120. The molecule has 0 aromatic heterocycles. The first kappa shape index (κ1) is 13.5. The SMILES string of the molecule is Cc1cc(CN(C)C2CNC(C)(C)C2)ccc1F. The van der Waals surface area contributed by atoms with Crippen molar-refractivity contribution in [3.05, 3.63) is 35.1 Å². The molecule has 2 rings (SSSR count). The molecule has 1 aliphatic rings. The van der Waals surface area contributed by atoms with Crippen molar-refractivity contribution in [1.29, 1.82) is 0 Å². The van der Waals surface area contributed by atoms with Gasteiger partial charge in [-0.15, -0.1) is 0 Å². The molecule has 1 aromatic carbocycles. The first-order chi connectivity index (χ1) is 8.37. The molecule has 2 nitrogen and oxygen atoms in total. The minimum Gasteiger partial charge on any atom is -0.310 e. The fourth-order valence-corrected chi connectivity index (χ4v) is 2.66. The van der Waals surface area contributed by atoms with Crippen molar-refractivity contribution in [2.24, 2.45) is 0 Å². The molecule has 0 spiro atoms. The first-order valence-corrected chi connectivity index (χ1v) is 6.58. The van der Waals surface area contributed by atoms with E-state index in [2.05, 4.69) is 31.1 Å². The zero-order valence-corrected chi connectivity index (χ0v) is 11.8. The third-order valence-corrected chi connectivity index (χ3v) is 3.84. The van der Waals surface area contributed by atoms with Gasteiger partial charge in [-0.3, -0.25) is 4.90 Å². The first-order valence-electron chi connectivity index (χ1n) is 6.58. The lowest BCUT2D eigenvalue weighted by Gasteiger charge is -2.25. The van der Waals surface area contributed by atoms with Crippen molar-refractivity contribution in [3.8, 4) is 0 Å². The second kappa shape index (κ2) is 4.98. The van der Waals surface area contributed by atoms with E-state index >= 15 is 0 Å². The molecule has 1 unspecified atom stereocenters. The highest BCUT2D eigenvalue weighted by Crippen LogP contribution is 2.22. The van der Waals surface area contributed by atoms with Crippen molar-refractivity contribution in [2.45, 2.75) is 45.3 Å². The van der Waals surface area contributed by atoms with Gasteiger partial charge in [0.15, 0.2) is 0 Å². The summed E-state index contributed by atoms with van der Waals surface area (Å²) in [7, 11) is 2.15. The summed E-state index contributed by atoms with van der Waals surface area (Å²) >= 11 is 0. The number of rotatable bonds is 3. The number of hydrogen-bond acceptors (Lipinski definition) is 2. The predicted octanol–water partition coefficient (Wildman–Crippen LogP) is 2.71. The Morgan fingerprint density at radius 2 is 2.17 bits per heavy atom. The molecule has 1 N–H and O–H groups in total. The Balaban J connectivity index is 1.99. The summed E-state index contributed by atoms with van der Waals surface area (Å²) in [6, 6.07) is 5.95. The summed E-state index contributed by atoms with van der Waals surface area (Å²) in [5, 5.41) is 3.53. The molecule has 1 aliphatic heterocycles. The smallest absolute Gasteiger partial charge is 0.126 e. The van der Waals surface area contributed by atoms with Crippen LogP contribution in [0.4, 0.5) is 4.39 Å². The van der Waals surface area contributed by atoms with E-state index in [0.29, 0.717) is 6.04 Å². The molecular weight excluding hydrogens is 227 g/mol. The molecule has 0 saturated carbocycles. The van der Waals surface area contributed by atoms with E-state index in [1.807, 2.05) is 19.1 Å². The maximum absolute atomic E-state index is 13.2. The lowest BCUT2D eigenvalue weighted by molar-refractivity contribution is 0.240. The van der Waals surface area contributed by atoms with E-state index in [4.69, 9.17) is 0 Å². The maximum atomic E-state index is 13.2. The third kappa shape index (κ3) is 3.09. The van der Waals surface area contributed by atoms with Crippen LogP contribution in [0.15, 0.2) is 18.2 Å². The Kier molecular flexibility index (Phi) is 3.74. The van der Waals surface area contributed by atoms with Crippen molar-refractivity contribution in [2.75, 3.05) is 13.6 Å². The lowest BCUT2D eigenvalue weighted by Crippen LogP contribution is -2.32. The number of hydrogen-bond donors (Lipinski definition) is 1. The van der Waals surface area contributed by atoms with E-state index < -0.39 is 0 Å². The number of likely N-dealkylation sites (N-methyl/N-ethyl adjacent to an activating group) is 1. The molecule has 1 saturated heterocycles. The van der Waals surface area contributed by atoms with Gasteiger partial charge in [0, 0.05) is 24.7 Å². The highest BCUT2D eigenvalue weighted by Gasteiger charge is 2.32. The summed E-state index contributed by atoms with van der Waals surface area (Å²) < 4.78 is 13.2. The zero-order valence-electron chi connectivity index (χ0n) is 11.8. The van der Waals surface area contributed by atoms with Gasteiger partial charge in [-0.1, -0.05) is 12.1 Å². The molecule has 0 radical (unpaired) electrons. The minimum absolute atomic E-state index is 0.120. The van der Waals surface area contributed by atoms with Gasteiger partial charge in [-0.25, -0.2) is 4.39 Å². The van der Waals surface area contributed by atoms with Gasteiger partial charge in [0.25, 0.3) is 0 Å². The standard InChI is InChI=1S/C15H23FN2/c1-11-7-12(5-6-14(11)16)10-18(4)13-8-15(2,3)17-9-13/h5-7,13,17H,8-10H2,1-4H3. The summed E-state index contributed by atoms with van der Waals surface area (Å²) in [4.78, 5) is 2.36. The maximum Gasteiger partial charge on any atom is 0.126 e. The number of nitrogens with one attached hydrogen (secondary N) is 1. The molecule has 1 heterocycles. The normalized spacial score (nSPS) is 22.7. The van der Waals surface area contributed by atoms with E-state index in [1.54, 1.807) is 6.07 Å². The molecule has 18 heavy (non-hydrogen) atoms. The van der Waals surface area contributed by atoms with Crippen LogP contribution in [0.1, 0.15) is 31.4 Å². The minimum atomic E-state index is -0.120. The molecular formula is C15H23FN2. The van der Waals surface area contributed by atoms with Gasteiger partial charge >= 0.3 is 0 Å². The fraction of sp³-hybridized carbons (Fsp3) is 0.600. The molecule has 3 heteroatoms. The molecule has 0 bridgehead atoms. The largest absolute Gasteiger partial charge is 0.310 e. The van der Waals surface area contributed by atoms with Crippen molar-refractivity contribution < 1.29 is 4.39 Å². The van der Waals surface area contributed by atoms with Crippen LogP contribution < -0.4 is 5.32 Å². The molecule has 0 amide bonds. The number of aryl methyl sites for hydroxylation is 1. The highest BCUT2D eigenvalue weighted by molar-refractivity contribution is 5.23. The van der Waals surface area contributed by atoms with Crippen molar-refractivity contribution in [1.82, 2.24) is 10.2 Å². The van der Waals surface area contributed by atoms with E-state index in [9.17, 15) is 4.39 Å². The van der Waals surface area contributed by atoms with Crippen LogP contribution in [0.25, 0.3) is 0 Å². The number of halogens is 1. The van der Waals surface area contributed by atoms with Gasteiger partial charge in [0.05, 0.1) is 0 Å². The van der Waals surface area contributed by atoms with Gasteiger partial charge in [0.2, 0.25) is 0 Å². The Morgan fingerprint density at radius 1 is 1.44 bits per heavy atom. The zero-order chi connectivity index (χ0) is 13.3. The van der Waals surface area contributed by atoms with Gasteiger partial charge in [-0.05, 0) is 51.4 Å². The average molecular weight is 250 g/mol. The summed E-state index contributed by atoms with van der Waals surface area (Å²) in [6.07, 6.45) is 1.16. The number of benzene rings is 1. The molecule has 100 valence electrons. The Hall–Kier alpha value is -0.930. The van der Waals surface area contributed by atoms with Crippen molar-refractivity contribution in [3.63, 3.8) is 0 Å². The van der Waals surface area contributed by atoms with E-state index in [-0.39, 0.29) is 11.4 Å². The van der Waals surface area contributed by atoms with Crippen LogP contribution in [0.2, 0.25) is 0 Å². The molecule has 1 aromatic rings. The van der Waals surface area contributed by atoms with Crippen molar-refractivity contribution >= 4 is 0 Å². The van der Waals surface area contributed by atoms with E-state index in [1.165, 1.54) is 5.56 Å². The van der Waals surface area contributed by atoms with Crippen LogP contribution >= 0.6 is 0 Å². The fourth-order valence-electron chi connectivity index (χ4n) is 2.66. The number of nitrogens with zero attached hydrogens (tertiary/aromatic N) is 1.